The molecular weight excluding hydrogens is 180 g/mol. The summed E-state index contributed by atoms with van der Waals surface area (Å²) >= 11 is 0. The number of hydrogen-bond donors (Lipinski definition) is 2. The van der Waals surface area contributed by atoms with Crippen LogP contribution in [0.15, 0.2) is 6.33 Å². The number of nitrogens with one attached hydrogen (secondary N) is 2. The van der Waals surface area contributed by atoms with Crippen molar-refractivity contribution in [3.63, 3.8) is 0 Å². The number of hydrogen-bond acceptors (Lipinski definition) is 3. The lowest BCUT2D eigenvalue weighted by Crippen LogP contribution is -2.41. The Morgan fingerprint density at radius 2 is 2.21 bits per heavy atom. The molecule has 0 aliphatic heterocycles. The third-order valence-corrected chi connectivity index (χ3v) is 2.28. The SMILES string of the molecule is CC(NC(=O)c1ncn[nH]1)C(C)(C)C. The van der Waals surface area contributed by atoms with Gasteiger partial charge in [0.05, 0.1) is 0 Å². The first kappa shape index (κ1) is 10.7. The van der Waals surface area contributed by atoms with Crippen molar-refractivity contribution < 1.29 is 4.79 Å². The van der Waals surface area contributed by atoms with Crippen LogP contribution in [0.3, 0.4) is 0 Å². The highest BCUT2D eigenvalue weighted by atomic mass is 16.2. The maximum Gasteiger partial charge on any atom is 0.288 e. The highest BCUT2D eigenvalue weighted by Crippen LogP contribution is 2.18. The molecule has 5 heteroatoms. The Labute approximate surface area is 83.3 Å². The molecule has 0 saturated heterocycles. The second kappa shape index (κ2) is 3.77. The zero-order chi connectivity index (χ0) is 10.8. The van der Waals surface area contributed by atoms with Crippen molar-refractivity contribution in [2.45, 2.75) is 33.7 Å². The molecule has 1 rings (SSSR count). The first-order valence-corrected chi connectivity index (χ1v) is 4.57. The van der Waals surface area contributed by atoms with E-state index >= 15 is 0 Å². The lowest BCUT2D eigenvalue weighted by atomic mass is 9.88. The summed E-state index contributed by atoms with van der Waals surface area (Å²) in [6, 6.07) is 0.0834. The zero-order valence-electron chi connectivity index (χ0n) is 8.96. The lowest BCUT2D eigenvalue weighted by Gasteiger charge is -2.27. The van der Waals surface area contributed by atoms with Crippen molar-refractivity contribution in [1.29, 1.82) is 0 Å². The Morgan fingerprint density at radius 1 is 1.57 bits per heavy atom. The van der Waals surface area contributed by atoms with Crippen LogP contribution in [0.4, 0.5) is 0 Å². The van der Waals surface area contributed by atoms with Crippen LogP contribution in [0.5, 0.6) is 0 Å². The van der Waals surface area contributed by atoms with Gasteiger partial charge in [-0.1, -0.05) is 20.8 Å². The Kier molecular flexibility index (Phi) is 2.88. The molecular formula is C9H16N4O. The van der Waals surface area contributed by atoms with Crippen LogP contribution in [0.1, 0.15) is 38.3 Å². The van der Waals surface area contributed by atoms with E-state index < -0.39 is 0 Å². The minimum Gasteiger partial charge on any atom is -0.346 e. The van der Waals surface area contributed by atoms with Crippen LogP contribution in [0, 0.1) is 5.41 Å². The number of carbonyl (C=O) groups is 1. The third-order valence-electron chi connectivity index (χ3n) is 2.28. The number of rotatable bonds is 2. The van der Waals surface area contributed by atoms with Crippen LogP contribution in [-0.4, -0.2) is 27.1 Å². The largest absolute Gasteiger partial charge is 0.346 e. The van der Waals surface area contributed by atoms with Crippen molar-refractivity contribution in [3.8, 4) is 0 Å². The minimum absolute atomic E-state index is 0.0374. The molecule has 0 saturated carbocycles. The Morgan fingerprint density at radius 3 is 2.64 bits per heavy atom. The fourth-order valence-corrected chi connectivity index (χ4v) is 0.796. The third kappa shape index (κ3) is 2.55. The molecule has 14 heavy (non-hydrogen) atoms. The van der Waals surface area contributed by atoms with Gasteiger partial charge in [0.1, 0.15) is 6.33 Å². The van der Waals surface area contributed by atoms with Crippen LogP contribution < -0.4 is 5.32 Å². The summed E-state index contributed by atoms with van der Waals surface area (Å²) in [5, 5.41) is 8.99. The monoisotopic (exact) mass is 196 g/mol. The van der Waals surface area contributed by atoms with Gasteiger partial charge in [0.15, 0.2) is 0 Å². The molecule has 0 spiro atoms. The molecule has 2 N–H and O–H groups in total. The molecule has 1 atom stereocenters. The molecule has 0 aliphatic rings. The second-order valence-electron chi connectivity index (χ2n) is 4.40. The molecule has 78 valence electrons. The van der Waals surface area contributed by atoms with Gasteiger partial charge in [-0.15, -0.1) is 0 Å². The lowest BCUT2D eigenvalue weighted by molar-refractivity contribution is 0.0900. The smallest absolute Gasteiger partial charge is 0.288 e. The maximum atomic E-state index is 11.5. The number of nitrogens with zero attached hydrogens (tertiary/aromatic N) is 2. The van der Waals surface area contributed by atoms with Crippen LogP contribution >= 0.6 is 0 Å². The van der Waals surface area contributed by atoms with Crippen LogP contribution in [0.2, 0.25) is 0 Å². The fourth-order valence-electron chi connectivity index (χ4n) is 0.796. The summed E-state index contributed by atoms with van der Waals surface area (Å²) in [6.07, 6.45) is 1.32. The average molecular weight is 196 g/mol. The van der Waals surface area contributed by atoms with Gasteiger partial charge >= 0.3 is 0 Å². The summed E-state index contributed by atoms with van der Waals surface area (Å²) in [7, 11) is 0. The predicted octanol–water partition coefficient (Wildman–Crippen LogP) is 0.969. The maximum absolute atomic E-state index is 11.5. The van der Waals surface area contributed by atoms with Gasteiger partial charge in [0.25, 0.3) is 5.91 Å². The van der Waals surface area contributed by atoms with Crippen LogP contribution in [-0.2, 0) is 0 Å². The zero-order valence-corrected chi connectivity index (χ0v) is 8.96. The van der Waals surface area contributed by atoms with E-state index in [1.807, 2.05) is 6.92 Å². The molecule has 1 aromatic rings. The molecule has 1 amide bonds. The van der Waals surface area contributed by atoms with Crippen molar-refractivity contribution in [2.24, 2.45) is 5.41 Å². The van der Waals surface area contributed by atoms with E-state index in [0.29, 0.717) is 0 Å². The highest BCUT2D eigenvalue weighted by Gasteiger charge is 2.22. The second-order valence-corrected chi connectivity index (χ2v) is 4.40. The molecule has 1 unspecified atom stereocenters. The molecule has 5 nitrogen and oxygen atoms in total. The van der Waals surface area contributed by atoms with E-state index in [0.717, 1.165) is 0 Å². The first-order valence-electron chi connectivity index (χ1n) is 4.57. The van der Waals surface area contributed by atoms with Gasteiger partial charge in [-0.25, -0.2) is 4.98 Å². The predicted molar refractivity (Wildman–Crippen MR) is 52.8 cm³/mol. The summed E-state index contributed by atoms with van der Waals surface area (Å²) in [6.45, 7) is 8.17. The summed E-state index contributed by atoms with van der Waals surface area (Å²) in [5.74, 6) is 0.0334. The molecule has 0 aromatic carbocycles. The highest BCUT2D eigenvalue weighted by molar-refractivity contribution is 5.90. The fraction of sp³-hybridized carbons (Fsp3) is 0.667. The quantitative estimate of drug-likeness (QED) is 0.740. The van der Waals surface area contributed by atoms with Crippen molar-refractivity contribution in [1.82, 2.24) is 20.5 Å². The first-order chi connectivity index (χ1) is 6.41. The molecule has 0 fully saturated rings. The van der Waals surface area contributed by atoms with Crippen molar-refractivity contribution >= 4 is 5.91 Å². The van der Waals surface area contributed by atoms with E-state index in [4.69, 9.17) is 0 Å². The molecule has 1 aromatic heterocycles. The number of carbonyl (C=O) groups excluding carboxylic acids is 1. The van der Waals surface area contributed by atoms with Crippen molar-refractivity contribution in [2.75, 3.05) is 0 Å². The number of H-pyrrole nitrogens is 1. The van der Waals surface area contributed by atoms with Gasteiger partial charge in [-0.3, -0.25) is 9.89 Å². The topological polar surface area (TPSA) is 70.7 Å². The Bertz CT molecular complexity index is 299. The van der Waals surface area contributed by atoms with E-state index in [1.165, 1.54) is 6.33 Å². The normalized spacial score (nSPS) is 13.7. The van der Waals surface area contributed by atoms with Gasteiger partial charge in [0, 0.05) is 6.04 Å². The van der Waals surface area contributed by atoms with Gasteiger partial charge in [0.2, 0.25) is 5.82 Å². The van der Waals surface area contributed by atoms with Crippen LogP contribution in [0.25, 0.3) is 0 Å². The van der Waals surface area contributed by atoms with E-state index in [1.54, 1.807) is 0 Å². The minimum atomic E-state index is -0.218. The summed E-state index contributed by atoms with van der Waals surface area (Å²) in [5.41, 5.74) is 0.0374. The van der Waals surface area contributed by atoms with E-state index in [-0.39, 0.29) is 23.2 Å². The molecule has 0 bridgehead atoms. The average Bonchev–Trinajstić information content (AvgIpc) is 2.53. The molecule has 1 heterocycles. The number of amides is 1. The van der Waals surface area contributed by atoms with Gasteiger partial charge < -0.3 is 5.32 Å². The summed E-state index contributed by atoms with van der Waals surface area (Å²) < 4.78 is 0. The Balaban J connectivity index is 2.58. The van der Waals surface area contributed by atoms with Gasteiger partial charge in [-0.2, -0.15) is 5.10 Å². The van der Waals surface area contributed by atoms with Crippen molar-refractivity contribution in [3.05, 3.63) is 12.2 Å². The number of aromatic amines is 1. The number of aromatic nitrogens is 3. The van der Waals surface area contributed by atoms with E-state index in [2.05, 4.69) is 41.3 Å². The standard InChI is InChI=1S/C9H16N4O/c1-6(9(2,3)4)12-8(14)7-10-5-11-13-7/h5-6H,1-4H3,(H,12,14)(H,10,11,13). The Hall–Kier alpha value is -1.39. The molecule has 0 radical (unpaired) electrons. The van der Waals surface area contributed by atoms with E-state index in [9.17, 15) is 4.79 Å². The van der Waals surface area contributed by atoms with Gasteiger partial charge in [-0.05, 0) is 12.3 Å². The molecule has 0 aliphatic carbocycles. The summed E-state index contributed by atoms with van der Waals surface area (Å²) in [4.78, 5) is 15.3.